The highest BCUT2D eigenvalue weighted by molar-refractivity contribution is 5.24. The van der Waals surface area contributed by atoms with Crippen molar-refractivity contribution >= 4 is 5.82 Å². The summed E-state index contributed by atoms with van der Waals surface area (Å²) in [6, 6.07) is 0. The van der Waals surface area contributed by atoms with Crippen LogP contribution in [0.5, 0.6) is 5.88 Å². The molecule has 0 saturated heterocycles. The molecule has 0 fully saturated rings. The number of nitrogen functional groups attached to an aromatic ring is 1. The van der Waals surface area contributed by atoms with Crippen LogP contribution in [0, 0.1) is 0 Å². The second kappa shape index (κ2) is 4.93. The molecule has 1 aromatic heterocycles. The van der Waals surface area contributed by atoms with Crippen molar-refractivity contribution in [3.05, 3.63) is 12.4 Å². The van der Waals surface area contributed by atoms with Crippen LogP contribution in [0.1, 0.15) is 20.3 Å². The fourth-order valence-corrected chi connectivity index (χ4v) is 0.904. The second-order valence-electron chi connectivity index (χ2n) is 3.84. The predicted molar refractivity (Wildman–Crippen MR) is 57.6 cm³/mol. The summed E-state index contributed by atoms with van der Waals surface area (Å²) in [5, 5.41) is 0. The zero-order valence-corrected chi connectivity index (χ0v) is 9.36. The molecule has 0 aliphatic carbocycles. The third-order valence-electron chi connectivity index (χ3n) is 2.15. The Morgan fingerprint density at radius 3 is 2.60 bits per heavy atom. The van der Waals surface area contributed by atoms with Gasteiger partial charge < -0.3 is 15.2 Å². The minimum absolute atomic E-state index is 0.179. The smallest absolute Gasteiger partial charge is 0.232 e. The Bertz CT molecular complexity index is 298. The van der Waals surface area contributed by atoms with Gasteiger partial charge in [0.15, 0.2) is 0 Å². The van der Waals surface area contributed by atoms with Crippen LogP contribution in [0.4, 0.5) is 5.82 Å². The van der Waals surface area contributed by atoms with Crippen LogP contribution in [0.25, 0.3) is 0 Å². The third-order valence-corrected chi connectivity index (χ3v) is 2.15. The van der Waals surface area contributed by atoms with E-state index in [1.165, 1.54) is 12.4 Å². The number of ether oxygens (including phenoxy) is 2. The number of aromatic nitrogens is 2. The number of hydrogen-bond acceptors (Lipinski definition) is 5. The maximum atomic E-state index is 5.40. The largest absolute Gasteiger partial charge is 0.476 e. The fraction of sp³-hybridized carbons (Fsp3) is 0.600. The van der Waals surface area contributed by atoms with Gasteiger partial charge in [-0.2, -0.15) is 0 Å². The lowest BCUT2D eigenvalue weighted by Gasteiger charge is -2.22. The van der Waals surface area contributed by atoms with Gasteiger partial charge in [0.1, 0.15) is 5.82 Å². The molecule has 0 atom stereocenters. The van der Waals surface area contributed by atoms with E-state index in [0.29, 0.717) is 18.3 Å². The molecule has 2 N–H and O–H groups in total. The van der Waals surface area contributed by atoms with Crippen LogP contribution in [0.2, 0.25) is 0 Å². The van der Waals surface area contributed by atoms with Crippen LogP contribution in [0.15, 0.2) is 12.4 Å². The van der Waals surface area contributed by atoms with Crippen molar-refractivity contribution in [1.82, 2.24) is 9.97 Å². The number of anilines is 1. The third kappa shape index (κ3) is 4.12. The van der Waals surface area contributed by atoms with Gasteiger partial charge in [0.2, 0.25) is 5.88 Å². The minimum Gasteiger partial charge on any atom is -0.476 e. The molecule has 5 nitrogen and oxygen atoms in total. The van der Waals surface area contributed by atoms with E-state index in [-0.39, 0.29) is 5.60 Å². The summed E-state index contributed by atoms with van der Waals surface area (Å²) in [5.74, 6) is 0.871. The molecule has 0 amide bonds. The summed E-state index contributed by atoms with van der Waals surface area (Å²) in [6.07, 6.45) is 3.77. The first kappa shape index (κ1) is 11.7. The molecule has 84 valence electrons. The van der Waals surface area contributed by atoms with Crippen molar-refractivity contribution in [1.29, 1.82) is 0 Å². The summed E-state index contributed by atoms with van der Waals surface area (Å²) in [6.45, 7) is 4.55. The van der Waals surface area contributed by atoms with Crippen molar-refractivity contribution in [2.24, 2.45) is 0 Å². The molecule has 0 aliphatic heterocycles. The van der Waals surface area contributed by atoms with Gasteiger partial charge in [0.25, 0.3) is 0 Å². The maximum Gasteiger partial charge on any atom is 0.232 e. The number of methoxy groups -OCH3 is 1. The Balaban J connectivity index is 2.35. The summed E-state index contributed by atoms with van der Waals surface area (Å²) >= 11 is 0. The molecule has 0 aromatic carbocycles. The first-order chi connectivity index (χ1) is 7.03. The van der Waals surface area contributed by atoms with Gasteiger partial charge in [0.05, 0.1) is 24.6 Å². The summed E-state index contributed by atoms with van der Waals surface area (Å²) in [7, 11) is 1.68. The maximum absolute atomic E-state index is 5.40. The normalized spacial score (nSPS) is 11.4. The van der Waals surface area contributed by atoms with E-state index in [4.69, 9.17) is 15.2 Å². The Kier molecular flexibility index (Phi) is 3.85. The van der Waals surface area contributed by atoms with Gasteiger partial charge in [0, 0.05) is 13.5 Å². The Morgan fingerprint density at radius 1 is 1.33 bits per heavy atom. The highest BCUT2D eigenvalue weighted by atomic mass is 16.5. The first-order valence-corrected chi connectivity index (χ1v) is 4.79. The van der Waals surface area contributed by atoms with Crippen LogP contribution in [-0.4, -0.2) is 29.3 Å². The molecule has 1 rings (SSSR count). The SMILES string of the molecule is COC(C)(C)CCOc1cnc(N)cn1. The summed E-state index contributed by atoms with van der Waals surface area (Å²) < 4.78 is 10.6. The molecule has 0 saturated carbocycles. The van der Waals surface area contributed by atoms with E-state index >= 15 is 0 Å². The van der Waals surface area contributed by atoms with Crippen molar-refractivity contribution in [3.63, 3.8) is 0 Å². The average Bonchev–Trinajstić information content (AvgIpc) is 2.21. The average molecular weight is 211 g/mol. The lowest BCUT2D eigenvalue weighted by Crippen LogP contribution is -2.25. The predicted octanol–water partition coefficient (Wildman–Crippen LogP) is 1.25. The highest BCUT2D eigenvalue weighted by Crippen LogP contribution is 2.13. The van der Waals surface area contributed by atoms with Gasteiger partial charge in [-0.3, -0.25) is 0 Å². The molecule has 15 heavy (non-hydrogen) atoms. The number of nitrogens with two attached hydrogens (primary N) is 1. The Hall–Kier alpha value is -1.36. The summed E-state index contributed by atoms with van der Waals surface area (Å²) in [5.41, 5.74) is 5.22. The van der Waals surface area contributed by atoms with E-state index in [1.807, 2.05) is 13.8 Å². The Labute approximate surface area is 89.6 Å². The van der Waals surface area contributed by atoms with Crippen LogP contribution < -0.4 is 10.5 Å². The van der Waals surface area contributed by atoms with Gasteiger partial charge >= 0.3 is 0 Å². The monoisotopic (exact) mass is 211 g/mol. The van der Waals surface area contributed by atoms with Crippen molar-refractivity contribution in [3.8, 4) is 5.88 Å². The minimum atomic E-state index is -0.179. The van der Waals surface area contributed by atoms with Crippen LogP contribution >= 0.6 is 0 Å². The number of hydrogen-bond donors (Lipinski definition) is 1. The summed E-state index contributed by atoms with van der Waals surface area (Å²) in [4.78, 5) is 7.85. The molecule has 0 aliphatic rings. The standard InChI is InChI=1S/C10H17N3O2/c1-10(2,14-3)4-5-15-9-7-12-8(11)6-13-9/h6-7H,4-5H2,1-3H3,(H2,11,12). The van der Waals surface area contributed by atoms with Crippen LogP contribution in [0.3, 0.4) is 0 Å². The van der Waals surface area contributed by atoms with Gasteiger partial charge in [-0.05, 0) is 13.8 Å². The van der Waals surface area contributed by atoms with Gasteiger partial charge in [-0.1, -0.05) is 0 Å². The molecular weight excluding hydrogens is 194 g/mol. The molecular formula is C10H17N3O2. The quantitative estimate of drug-likeness (QED) is 0.793. The molecule has 0 unspecified atom stereocenters. The van der Waals surface area contributed by atoms with E-state index < -0.39 is 0 Å². The lowest BCUT2D eigenvalue weighted by molar-refractivity contribution is 0.00505. The molecule has 5 heteroatoms. The zero-order chi connectivity index (χ0) is 11.3. The zero-order valence-electron chi connectivity index (χ0n) is 9.36. The lowest BCUT2D eigenvalue weighted by atomic mass is 10.1. The molecule has 0 radical (unpaired) electrons. The fourth-order valence-electron chi connectivity index (χ4n) is 0.904. The van der Waals surface area contributed by atoms with E-state index in [2.05, 4.69) is 9.97 Å². The van der Waals surface area contributed by atoms with E-state index in [1.54, 1.807) is 7.11 Å². The Morgan fingerprint density at radius 2 is 2.07 bits per heavy atom. The van der Waals surface area contributed by atoms with Gasteiger partial charge in [-0.15, -0.1) is 0 Å². The molecule has 0 bridgehead atoms. The number of nitrogens with zero attached hydrogens (tertiary/aromatic N) is 2. The molecule has 1 heterocycles. The van der Waals surface area contributed by atoms with Crippen molar-refractivity contribution in [2.75, 3.05) is 19.5 Å². The van der Waals surface area contributed by atoms with Gasteiger partial charge in [-0.25, -0.2) is 9.97 Å². The molecule has 0 spiro atoms. The van der Waals surface area contributed by atoms with Crippen molar-refractivity contribution < 1.29 is 9.47 Å². The van der Waals surface area contributed by atoms with Crippen molar-refractivity contribution in [2.45, 2.75) is 25.9 Å². The molecule has 1 aromatic rings. The second-order valence-corrected chi connectivity index (χ2v) is 3.84. The topological polar surface area (TPSA) is 70.3 Å². The van der Waals surface area contributed by atoms with Crippen LogP contribution in [-0.2, 0) is 4.74 Å². The highest BCUT2D eigenvalue weighted by Gasteiger charge is 2.15. The van der Waals surface area contributed by atoms with E-state index in [0.717, 1.165) is 6.42 Å². The van der Waals surface area contributed by atoms with E-state index in [9.17, 15) is 0 Å². The first-order valence-electron chi connectivity index (χ1n) is 4.79. The number of rotatable bonds is 5.